The van der Waals surface area contributed by atoms with Gasteiger partial charge < -0.3 is 10.2 Å². The molecule has 1 aromatic heterocycles. The van der Waals surface area contributed by atoms with E-state index in [1.807, 2.05) is 4.90 Å². The highest BCUT2D eigenvalue weighted by Gasteiger charge is 2.24. The number of halogens is 2. The number of hydrogen-bond donors (Lipinski definition) is 2. The molecule has 2 N–H and O–H groups in total. The highest BCUT2D eigenvalue weighted by molar-refractivity contribution is 6.04. The second-order valence-corrected chi connectivity index (χ2v) is 6.86. The first-order chi connectivity index (χ1) is 13.5. The summed E-state index contributed by atoms with van der Waals surface area (Å²) in [5.74, 6) is -1.93. The maximum atomic E-state index is 13.4. The summed E-state index contributed by atoms with van der Waals surface area (Å²) in [6, 6.07) is 10.7. The molecule has 2 heterocycles. The number of nitrogens with one attached hydrogen (secondary N) is 2. The standard InChI is InChI=1S/C20H18F2N4O2/c21-16-6-5-13(9-17(16)22)26-8-7-12(11-26)10-23-20(28)18-14-3-1-2-4-15(14)19(27)25-24-18/h1-6,9,12H,7-8,10-11H2,(H,23,28)(H,25,27). The highest BCUT2D eigenvalue weighted by Crippen LogP contribution is 2.25. The zero-order valence-corrected chi connectivity index (χ0v) is 14.9. The van der Waals surface area contributed by atoms with Crippen molar-refractivity contribution in [1.82, 2.24) is 15.5 Å². The van der Waals surface area contributed by atoms with E-state index in [9.17, 15) is 18.4 Å². The number of benzene rings is 2. The number of aromatic amines is 1. The Morgan fingerprint density at radius 1 is 1.18 bits per heavy atom. The van der Waals surface area contributed by atoms with Crippen LogP contribution >= 0.6 is 0 Å². The van der Waals surface area contributed by atoms with Crippen LogP contribution in [0.2, 0.25) is 0 Å². The fourth-order valence-corrected chi connectivity index (χ4v) is 3.52. The van der Waals surface area contributed by atoms with Crippen LogP contribution in [-0.2, 0) is 0 Å². The molecular formula is C20H18F2N4O2. The quantitative estimate of drug-likeness (QED) is 0.724. The molecule has 1 aliphatic heterocycles. The Morgan fingerprint density at radius 3 is 2.75 bits per heavy atom. The normalized spacial score (nSPS) is 16.5. The lowest BCUT2D eigenvalue weighted by Gasteiger charge is -2.19. The predicted octanol–water partition coefficient (Wildman–Crippen LogP) is 2.46. The molecule has 8 heteroatoms. The topological polar surface area (TPSA) is 78.1 Å². The smallest absolute Gasteiger partial charge is 0.272 e. The van der Waals surface area contributed by atoms with Crippen molar-refractivity contribution in [2.45, 2.75) is 6.42 Å². The van der Waals surface area contributed by atoms with E-state index < -0.39 is 11.6 Å². The summed E-state index contributed by atoms with van der Waals surface area (Å²) in [4.78, 5) is 26.4. The molecule has 144 valence electrons. The number of fused-ring (bicyclic) bond motifs is 1. The Kier molecular flexibility index (Phi) is 4.77. The third-order valence-corrected chi connectivity index (χ3v) is 5.02. The number of rotatable bonds is 4. The molecule has 1 unspecified atom stereocenters. The molecular weight excluding hydrogens is 366 g/mol. The molecule has 28 heavy (non-hydrogen) atoms. The molecule has 4 rings (SSSR count). The average Bonchev–Trinajstić information content (AvgIpc) is 3.18. The van der Waals surface area contributed by atoms with E-state index in [2.05, 4.69) is 15.5 Å². The highest BCUT2D eigenvalue weighted by atomic mass is 19.2. The number of aromatic nitrogens is 2. The minimum absolute atomic E-state index is 0.172. The first-order valence-electron chi connectivity index (χ1n) is 8.98. The SMILES string of the molecule is O=C(NCC1CCN(c2ccc(F)c(F)c2)C1)c1n[nH]c(=O)c2ccccc12. The van der Waals surface area contributed by atoms with E-state index in [0.717, 1.165) is 12.5 Å². The average molecular weight is 384 g/mol. The summed E-state index contributed by atoms with van der Waals surface area (Å²) in [6.07, 6.45) is 0.819. The van der Waals surface area contributed by atoms with Gasteiger partial charge in [-0.05, 0) is 30.5 Å². The van der Waals surface area contributed by atoms with Gasteiger partial charge in [0.05, 0.1) is 5.39 Å². The largest absolute Gasteiger partial charge is 0.371 e. The van der Waals surface area contributed by atoms with Gasteiger partial charge in [-0.2, -0.15) is 5.10 Å². The second kappa shape index (κ2) is 7.38. The van der Waals surface area contributed by atoms with E-state index in [0.29, 0.717) is 36.1 Å². The Bertz CT molecular complexity index is 1100. The van der Waals surface area contributed by atoms with E-state index in [4.69, 9.17) is 0 Å². The van der Waals surface area contributed by atoms with Crippen LogP contribution in [0.1, 0.15) is 16.9 Å². The monoisotopic (exact) mass is 384 g/mol. The summed E-state index contributed by atoms with van der Waals surface area (Å²) in [6.45, 7) is 1.75. The van der Waals surface area contributed by atoms with Crippen molar-refractivity contribution in [3.63, 3.8) is 0 Å². The van der Waals surface area contributed by atoms with Crippen LogP contribution < -0.4 is 15.8 Å². The molecule has 0 spiro atoms. The fraction of sp³-hybridized carbons (Fsp3) is 0.250. The lowest BCUT2D eigenvalue weighted by Crippen LogP contribution is -2.32. The summed E-state index contributed by atoms with van der Waals surface area (Å²) in [7, 11) is 0. The van der Waals surface area contributed by atoms with Gasteiger partial charge in [0.2, 0.25) is 0 Å². The van der Waals surface area contributed by atoms with Crippen molar-refractivity contribution in [2.75, 3.05) is 24.5 Å². The molecule has 0 bridgehead atoms. The molecule has 2 aromatic carbocycles. The summed E-state index contributed by atoms with van der Waals surface area (Å²) >= 11 is 0. The summed E-state index contributed by atoms with van der Waals surface area (Å²) in [5.41, 5.74) is 0.455. The number of hydrogen-bond acceptors (Lipinski definition) is 4. The molecule has 1 saturated heterocycles. The molecule has 0 radical (unpaired) electrons. The van der Waals surface area contributed by atoms with Crippen molar-refractivity contribution in [3.8, 4) is 0 Å². The third-order valence-electron chi connectivity index (χ3n) is 5.02. The Balaban J connectivity index is 1.42. The maximum absolute atomic E-state index is 13.4. The Labute approximate surface area is 159 Å². The second-order valence-electron chi connectivity index (χ2n) is 6.86. The summed E-state index contributed by atoms with van der Waals surface area (Å²) < 4.78 is 26.5. The first-order valence-corrected chi connectivity index (χ1v) is 8.98. The van der Waals surface area contributed by atoms with Crippen LogP contribution in [0.25, 0.3) is 10.8 Å². The van der Waals surface area contributed by atoms with Gasteiger partial charge >= 0.3 is 0 Å². The third kappa shape index (κ3) is 3.45. The van der Waals surface area contributed by atoms with Gasteiger partial charge in [-0.15, -0.1) is 0 Å². The first kappa shape index (κ1) is 18.1. The van der Waals surface area contributed by atoms with Gasteiger partial charge in [-0.25, -0.2) is 13.9 Å². The molecule has 0 aliphatic carbocycles. The molecule has 1 aliphatic rings. The van der Waals surface area contributed by atoms with Crippen LogP contribution in [0.15, 0.2) is 47.3 Å². The molecule has 3 aromatic rings. The minimum Gasteiger partial charge on any atom is -0.371 e. The van der Waals surface area contributed by atoms with Crippen molar-refractivity contribution >= 4 is 22.4 Å². The zero-order valence-electron chi connectivity index (χ0n) is 14.9. The van der Waals surface area contributed by atoms with Crippen LogP contribution in [0, 0.1) is 17.6 Å². The van der Waals surface area contributed by atoms with E-state index in [-0.39, 0.29) is 23.1 Å². The number of carbonyl (C=O) groups is 1. The van der Waals surface area contributed by atoms with Crippen molar-refractivity contribution in [3.05, 3.63) is 70.1 Å². The molecule has 6 nitrogen and oxygen atoms in total. The van der Waals surface area contributed by atoms with Crippen molar-refractivity contribution in [2.24, 2.45) is 5.92 Å². The fourth-order valence-electron chi connectivity index (χ4n) is 3.52. The van der Waals surface area contributed by atoms with Gasteiger partial charge in [0.1, 0.15) is 0 Å². The number of nitrogens with zero attached hydrogens (tertiary/aromatic N) is 2. The van der Waals surface area contributed by atoms with Crippen molar-refractivity contribution < 1.29 is 13.6 Å². The van der Waals surface area contributed by atoms with Gasteiger partial charge in [0, 0.05) is 36.8 Å². The van der Waals surface area contributed by atoms with Crippen LogP contribution in [0.5, 0.6) is 0 Å². The molecule has 0 saturated carbocycles. The van der Waals surface area contributed by atoms with Crippen LogP contribution in [0.4, 0.5) is 14.5 Å². The van der Waals surface area contributed by atoms with Gasteiger partial charge in [-0.1, -0.05) is 18.2 Å². The molecule has 1 atom stereocenters. The lowest BCUT2D eigenvalue weighted by molar-refractivity contribution is 0.0944. The maximum Gasteiger partial charge on any atom is 0.272 e. The summed E-state index contributed by atoms with van der Waals surface area (Å²) in [5, 5.41) is 10.0. The molecule has 1 amide bonds. The van der Waals surface area contributed by atoms with Gasteiger partial charge in [0.15, 0.2) is 17.3 Å². The minimum atomic E-state index is -0.870. The number of amides is 1. The Hall–Kier alpha value is -3.29. The number of H-pyrrole nitrogens is 1. The van der Waals surface area contributed by atoms with Crippen LogP contribution in [-0.4, -0.2) is 35.7 Å². The van der Waals surface area contributed by atoms with Gasteiger partial charge in [0.25, 0.3) is 11.5 Å². The van der Waals surface area contributed by atoms with E-state index in [1.54, 1.807) is 30.3 Å². The number of carbonyl (C=O) groups excluding carboxylic acids is 1. The van der Waals surface area contributed by atoms with E-state index in [1.165, 1.54) is 6.07 Å². The number of anilines is 1. The lowest BCUT2D eigenvalue weighted by atomic mass is 10.1. The van der Waals surface area contributed by atoms with E-state index >= 15 is 0 Å². The van der Waals surface area contributed by atoms with Gasteiger partial charge in [-0.3, -0.25) is 9.59 Å². The molecule has 1 fully saturated rings. The predicted molar refractivity (Wildman–Crippen MR) is 101 cm³/mol. The zero-order chi connectivity index (χ0) is 19.7. The Morgan fingerprint density at radius 2 is 1.96 bits per heavy atom. The van der Waals surface area contributed by atoms with Crippen LogP contribution in [0.3, 0.4) is 0 Å². The van der Waals surface area contributed by atoms with Crippen molar-refractivity contribution in [1.29, 1.82) is 0 Å².